The summed E-state index contributed by atoms with van der Waals surface area (Å²) in [6.45, 7) is 3.81. The molecule has 12 nitrogen and oxygen atoms in total. The predicted octanol–water partition coefficient (Wildman–Crippen LogP) is -0.203. The second-order valence-electron chi connectivity index (χ2n) is 4.31. The van der Waals surface area contributed by atoms with Crippen LogP contribution in [0, 0.1) is 0 Å². The highest BCUT2D eigenvalue weighted by atomic mass is 16.6. The first kappa shape index (κ1) is 15.9. The third kappa shape index (κ3) is 4.26. The van der Waals surface area contributed by atoms with Gasteiger partial charge in [0.15, 0.2) is 11.5 Å². The van der Waals surface area contributed by atoms with Crippen LogP contribution in [0.4, 0.5) is 17.7 Å². The molecule has 2 rings (SSSR count). The van der Waals surface area contributed by atoms with E-state index in [1.165, 1.54) is 20.8 Å². The molecule has 0 atom stereocenters. The van der Waals surface area contributed by atoms with Gasteiger partial charge in [0.2, 0.25) is 35.4 Å². The van der Waals surface area contributed by atoms with E-state index in [9.17, 15) is 14.4 Å². The van der Waals surface area contributed by atoms with E-state index < -0.39 is 17.7 Å². The summed E-state index contributed by atoms with van der Waals surface area (Å²) in [6.07, 6.45) is 0. The van der Waals surface area contributed by atoms with Crippen LogP contribution in [0.3, 0.4) is 0 Å². The van der Waals surface area contributed by atoms with Gasteiger partial charge in [-0.25, -0.2) is 4.63 Å². The van der Waals surface area contributed by atoms with Crippen molar-refractivity contribution in [3.63, 3.8) is 0 Å². The number of nitrogens with zero attached hydrogens (tertiary/aromatic N) is 5. The fourth-order valence-corrected chi connectivity index (χ4v) is 1.49. The Morgan fingerprint density at radius 2 is 1.30 bits per heavy atom. The number of hydrogen-bond acceptors (Lipinski definition) is 9. The van der Waals surface area contributed by atoms with Crippen LogP contribution in [0.25, 0.3) is 11.5 Å². The molecule has 0 fully saturated rings. The Bertz CT molecular complexity index is 737. The molecule has 2 aromatic rings. The summed E-state index contributed by atoms with van der Waals surface area (Å²) in [6, 6.07) is 0. The van der Waals surface area contributed by atoms with Crippen LogP contribution in [0.15, 0.2) is 4.63 Å². The van der Waals surface area contributed by atoms with Crippen LogP contribution in [-0.2, 0) is 14.4 Å². The molecule has 2 aromatic heterocycles. The Morgan fingerprint density at radius 3 is 1.78 bits per heavy atom. The van der Waals surface area contributed by atoms with Crippen LogP contribution in [0.5, 0.6) is 0 Å². The van der Waals surface area contributed by atoms with Crippen LogP contribution in [0.1, 0.15) is 20.8 Å². The van der Waals surface area contributed by atoms with Gasteiger partial charge in [0.25, 0.3) is 0 Å². The van der Waals surface area contributed by atoms with Crippen LogP contribution in [-0.4, -0.2) is 43.0 Å². The normalized spacial score (nSPS) is 10.0. The Kier molecular flexibility index (Phi) is 4.54. The summed E-state index contributed by atoms with van der Waals surface area (Å²) in [5.41, 5.74) is 0.0146. The molecule has 0 aromatic carbocycles. The molecular formula is C11H12N8O4. The standard InChI is InChI=1S/C11H12N8O4/c1-4(20)12-9-7(18-23-19-9)8-15-10(13-5(2)21)17-11(16-8)14-6(3)22/h1-3H3,(H,12,19,20)(H2,13,14,15,16,17,21,22). The fraction of sp³-hybridized carbons (Fsp3) is 0.273. The van der Waals surface area contributed by atoms with Crippen molar-refractivity contribution in [2.45, 2.75) is 20.8 Å². The summed E-state index contributed by atoms with van der Waals surface area (Å²) in [5, 5.41) is 14.2. The molecule has 0 aliphatic carbocycles. The summed E-state index contributed by atoms with van der Waals surface area (Å²) < 4.78 is 4.55. The largest absolute Gasteiger partial charge is 0.306 e. The summed E-state index contributed by atoms with van der Waals surface area (Å²) in [4.78, 5) is 45.2. The summed E-state index contributed by atoms with van der Waals surface area (Å²) in [5.74, 6) is -1.53. The molecule has 3 N–H and O–H groups in total. The molecule has 0 unspecified atom stereocenters. The van der Waals surface area contributed by atoms with Gasteiger partial charge < -0.3 is 5.32 Å². The number of amides is 3. The average molecular weight is 320 g/mol. The minimum Gasteiger partial charge on any atom is -0.306 e. The summed E-state index contributed by atoms with van der Waals surface area (Å²) >= 11 is 0. The van der Waals surface area contributed by atoms with E-state index in [1.807, 2.05) is 0 Å². The number of anilines is 3. The average Bonchev–Trinajstić information content (AvgIpc) is 2.83. The first-order valence-corrected chi connectivity index (χ1v) is 6.27. The lowest BCUT2D eigenvalue weighted by Crippen LogP contribution is -2.15. The highest BCUT2D eigenvalue weighted by Crippen LogP contribution is 2.22. The van der Waals surface area contributed by atoms with Gasteiger partial charge in [-0.3, -0.25) is 25.0 Å². The topological polar surface area (TPSA) is 165 Å². The van der Waals surface area contributed by atoms with Gasteiger partial charge in [-0.1, -0.05) is 0 Å². The van der Waals surface area contributed by atoms with Crippen LogP contribution >= 0.6 is 0 Å². The SMILES string of the molecule is CC(=O)Nc1nc(NC(C)=O)nc(-c2nonc2NC(C)=O)n1. The predicted molar refractivity (Wildman–Crippen MR) is 76.0 cm³/mol. The Hall–Kier alpha value is -3.44. The van der Waals surface area contributed by atoms with Gasteiger partial charge in [0, 0.05) is 20.8 Å². The minimum absolute atomic E-state index is 0.00810. The van der Waals surface area contributed by atoms with E-state index in [1.54, 1.807) is 0 Å². The third-order valence-electron chi connectivity index (χ3n) is 2.21. The first-order chi connectivity index (χ1) is 10.8. The van der Waals surface area contributed by atoms with E-state index in [0.29, 0.717) is 0 Å². The molecule has 3 amide bonds. The van der Waals surface area contributed by atoms with Crippen LogP contribution in [0.2, 0.25) is 0 Å². The molecule has 12 heteroatoms. The van der Waals surface area contributed by atoms with Gasteiger partial charge in [-0.2, -0.15) is 15.0 Å². The van der Waals surface area contributed by atoms with Crippen molar-refractivity contribution in [1.29, 1.82) is 0 Å². The maximum absolute atomic E-state index is 11.2. The van der Waals surface area contributed by atoms with Gasteiger partial charge in [-0.05, 0) is 10.3 Å². The van der Waals surface area contributed by atoms with Crippen molar-refractivity contribution in [3.8, 4) is 11.5 Å². The number of rotatable bonds is 4. The Labute approximate surface area is 129 Å². The van der Waals surface area contributed by atoms with Gasteiger partial charge >= 0.3 is 0 Å². The molecular weight excluding hydrogens is 308 g/mol. The lowest BCUT2D eigenvalue weighted by atomic mass is 10.4. The monoisotopic (exact) mass is 320 g/mol. The zero-order valence-electron chi connectivity index (χ0n) is 12.4. The molecule has 23 heavy (non-hydrogen) atoms. The maximum atomic E-state index is 11.2. The van der Waals surface area contributed by atoms with E-state index in [2.05, 4.69) is 45.8 Å². The van der Waals surface area contributed by atoms with Crippen molar-refractivity contribution in [2.24, 2.45) is 0 Å². The second-order valence-corrected chi connectivity index (χ2v) is 4.31. The molecule has 0 radical (unpaired) electrons. The van der Waals surface area contributed by atoms with Gasteiger partial charge in [0.1, 0.15) is 0 Å². The smallest absolute Gasteiger partial charge is 0.234 e. The molecule has 0 saturated heterocycles. The zero-order valence-corrected chi connectivity index (χ0v) is 12.4. The molecule has 120 valence electrons. The van der Waals surface area contributed by atoms with Gasteiger partial charge in [-0.15, -0.1) is 0 Å². The zero-order chi connectivity index (χ0) is 17.0. The highest BCUT2D eigenvalue weighted by Gasteiger charge is 2.19. The third-order valence-corrected chi connectivity index (χ3v) is 2.21. The molecule has 0 spiro atoms. The van der Waals surface area contributed by atoms with E-state index in [-0.39, 0.29) is 29.2 Å². The lowest BCUT2D eigenvalue weighted by Gasteiger charge is -2.06. The van der Waals surface area contributed by atoms with E-state index in [4.69, 9.17) is 0 Å². The van der Waals surface area contributed by atoms with Crippen molar-refractivity contribution in [1.82, 2.24) is 25.3 Å². The highest BCUT2D eigenvalue weighted by molar-refractivity contribution is 5.91. The first-order valence-electron chi connectivity index (χ1n) is 6.27. The summed E-state index contributed by atoms with van der Waals surface area (Å²) in [7, 11) is 0. The Morgan fingerprint density at radius 1 is 0.783 bits per heavy atom. The Balaban J connectivity index is 2.48. The van der Waals surface area contributed by atoms with Crippen molar-refractivity contribution < 1.29 is 19.0 Å². The van der Waals surface area contributed by atoms with Crippen molar-refractivity contribution in [2.75, 3.05) is 16.0 Å². The number of nitrogens with one attached hydrogen (secondary N) is 3. The van der Waals surface area contributed by atoms with Crippen molar-refractivity contribution >= 4 is 35.4 Å². The van der Waals surface area contributed by atoms with E-state index >= 15 is 0 Å². The van der Waals surface area contributed by atoms with E-state index in [0.717, 1.165) is 0 Å². The molecule has 2 heterocycles. The van der Waals surface area contributed by atoms with Gasteiger partial charge in [0.05, 0.1) is 0 Å². The molecule has 0 aliphatic heterocycles. The number of aromatic nitrogens is 5. The quantitative estimate of drug-likeness (QED) is 0.691. The molecule has 0 aliphatic rings. The van der Waals surface area contributed by atoms with Crippen LogP contribution < -0.4 is 16.0 Å². The lowest BCUT2D eigenvalue weighted by molar-refractivity contribution is -0.115. The molecule has 0 bridgehead atoms. The minimum atomic E-state index is -0.420. The molecule has 0 saturated carbocycles. The maximum Gasteiger partial charge on any atom is 0.234 e. The fourth-order valence-electron chi connectivity index (χ4n) is 1.49. The number of carbonyl (C=O) groups is 3. The second kappa shape index (κ2) is 6.55. The number of carbonyl (C=O) groups excluding carboxylic acids is 3. The van der Waals surface area contributed by atoms with Crippen molar-refractivity contribution in [3.05, 3.63) is 0 Å². The number of hydrogen-bond donors (Lipinski definition) is 3.